The standard InChI is InChI=1S/C17H28N2O6/c1-17(2)24-15(13-11(20-5)7-9-22-18(13)3)16(25-17)14-12(21-6)8-10-23-19(14)4/h7-8,13-16H,9-10H2,1-6H3/t13-,14-,15-,16-/m1/s1. The molecule has 1 fully saturated rings. The van der Waals surface area contributed by atoms with Gasteiger partial charge in [-0.1, -0.05) is 0 Å². The third-order valence-corrected chi connectivity index (χ3v) is 4.75. The molecule has 0 N–H and O–H groups in total. The Kier molecular flexibility index (Phi) is 5.38. The van der Waals surface area contributed by atoms with E-state index >= 15 is 0 Å². The van der Waals surface area contributed by atoms with Crippen molar-refractivity contribution in [1.82, 2.24) is 10.1 Å². The summed E-state index contributed by atoms with van der Waals surface area (Å²) in [5, 5.41) is 3.53. The number of hydrogen-bond donors (Lipinski definition) is 0. The quantitative estimate of drug-likeness (QED) is 0.741. The molecule has 142 valence electrons. The van der Waals surface area contributed by atoms with Crippen LogP contribution in [0.2, 0.25) is 0 Å². The number of ether oxygens (including phenoxy) is 4. The zero-order valence-corrected chi connectivity index (χ0v) is 15.7. The molecule has 0 unspecified atom stereocenters. The highest BCUT2D eigenvalue weighted by Gasteiger charge is 2.54. The van der Waals surface area contributed by atoms with Gasteiger partial charge in [0.1, 0.15) is 35.8 Å². The van der Waals surface area contributed by atoms with Crippen LogP contribution in [0.1, 0.15) is 13.8 Å². The minimum Gasteiger partial charge on any atom is -0.499 e. The van der Waals surface area contributed by atoms with E-state index < -0.39 is 5.79 Å². The van der Waals surface area contributed by atoms with Gasteiger partial charge in [0.05, 0.1) is 27.4 Å². The highest BCUT2D eigenvalue weighted by molar-refractivity contribution is 5.17. The van der Waals surface area contributed by atoms with Crippen molar-refractivity contribution in [1.29, 1.82) is 0 Å². The molecule has 0 aromatic heterocycles. The van der Waals surface area contributed by atoms with Gasteiger partial charge in [0, 0.05) is 14.1 Å². The van der Waals surface area contributed by atoms with Crippen LogP contribution < -0.4 is 0 Å². The topological polar surface area (TPSA) is 61.9 Å². The summed E-state index contributed by atoms with van der Waals surface area (Å²) in [6.07, 6.45) is 3.17. The molecule has 8 nitrogen and oxygen atoms in total. The summed E-state index contributed by atoms with van der Waals surface area (Å²) >= 11 is 0. The predicted octanol–water partition coefficient (Wildman–Crippen LogP) is 1.06. The van der Waals surface area contributed by atoms with Crippen molar-refractivity contribution in [2.24, 2.45) is 0 Å². The van der Waals surface area contributed by atoms with Crippen LogP contribution in [0.25, 0.3) is 0 Å². The Morgan fingerprint density at radius 3 is 1.64 bits per heavy atom. The lowest BCUT2D eigenvalue weighted by Gasteiger charge is -2.40. The highest BCUT2D eigenvalue weighted by Crippen LogP contribution is 2.39. The highest BCUT2D eigenvalue weighted by atomic mass is 16.8. The predicted molar refractivity (Wildman–Crippen MR) is 89.0 cm³/mol. The normalized spacial score (nSPS) is 36.7. The van der Waals surface area contributed by atoms with Gasteiger partial charge in [-0.25, -0.2) is 0 Å². The summed E-state index contributed by atoms with van der Waals surface area (Å²) in [4.78, 5) is 11.3. The molecule has 0 aromatic rings. The number of methoxy groups -OCH3 is 2. The first-order chi connectivity index (χ1) is 11.9. The van der Waals surface area contributed by atoms with Crippen LogP contribution in [-0.4, -0.2) is 81.7 Å². The third kappa shape index (κ3) is 3.55. The van der Waals surface area contributed by atoms with Crippen molar-refractivity contribution >= 4 is 0 Å². The smallest absolute Gasteiger partial charge is 0.163 e. The van der Waals surface area contributed by atoms with Gasteiger partial charge >= 0.3 is 0 Å². The number of hydrogen-bond acceptors (Lipinski definition) is 8. The van der Waals surface area contributed by atoms with Crippen molar-refractivity contribution in [3.8, 4) is 0 Å². The Hall–Kier alpha value is -1.16. The monoisotopic (exact) mass is 356 g/mol. The molecule has 0 spiro atoms. The Bertz CT molecular complexity index is 503. The fourth-order valence-electron chi connectivity index (χ4n) is 3.69. The van der Waals surface area contributed by atoms with Gasteiger partial charge in [-0.2, -0.15) is 10.1 Å². The van der Waals surface area contributed by atoms with Crippen LogP contribution in [0.5, 0.6) is 0 Å². The van der Waals surface area contributed by atoms with Crippen LogP contribution in [0, 0.1) is 0 Å². The molecular formula is C17H28N2O6. The van der Waals surface area contributed by atoms with Crippen LogP contribution >= 0.6 is 0 Å². The summed E-state index contributed by atoms with van der Waals surface area (Å²) in [6.45, 7) is 4.74. The van der Waals surface area contributed by atoms with Crippen molar-refractivity contribution in [2.75, 3.05) is 41.5 Å². The lowest BCUT2D eigenvalue weighted by Crippen LogP contribution is -2.56. The third-order valence-electron chi connectivity index (χ3n) is 4.75. The van der Waals surface area contributed by atoms with E-state index in [0.717, 1.165) is 11.5 Å². The van der Waals surface area contributed by atoms with Gasteiger partial charge in [-0.15, -0.1) is 0 Å². The second kappa shape index (κ2) is 7.22. The largest absolute Gasteiger partial charge is 0.499 e. The molecule has 0 aromatic carbocycles. The van der Waals surface area contributed by atoms with E-state index in [0.29, 0.717) is 13.2 Å². The number of rotatable bonds is 4. The fourth-order valence-corrected chi connectivity index (χ4v) is 3.69. The van der Waals surface area contributed by atoms with E-state index in [4.69, 9.17) is 28.6 Å². The maximum atomic E-state index is 6.27. The van der Waals surface area contributed by atoms with Crippen LogP contribution in [0.15, 0.2) is 23.7 Å². The van der Waals surface area contributed by atoms with Crippen molar-refractivity contribution in [3.63, 3.8) is 0 Å². The van der Waals surface area contributed by atoms with E-state index in [9.17, 15) is 0 Å². The molecule has 1 saturated heterocycles. The second-order valence-electron chi connectivity index (χ2n) is 6.76. The Morgan fingerprint density at radius 1 is 0.880 bits per heavy atom. The molecule has 3 aliphatic heterocycles. The first-order valence-electron chi connectivity index (χ1n) is 8.43. The van der Waals surface area contributed by atoms with Crippen LogP contribution in [0.3, 0.4) is 0 Å². The van der Waals surface area contributed by atoms with E-state index in [1.807, 2.05) is 40.1 Å². The molecule has 0 aliphatic carbocycles. The van der Waals surface area contributed by atoms with Crippen molar-refractivity contribution < 1.29 is 28.6 Å². The minimum atomic E-state index is -0.746. The zero-order chi connectivity index (χ0) is 18.2. The van der Waals surface area contributed by atoms with Crippen LogP contribution in [0.4, 0.5) is 0 Å². The van der Waals surface area contributed by atoms with Gasteiger partial charge in [0.2, 0.25) is 0 Å². The molecular weight excluding hydrogens is 328 g/mol. The zero-order valence-electron chi connectivity index (χ0n) is 15.7. The summed E-state index contributed by atoms with van der Waals surface area (Å²) < 4.78 is 23.7. The number of nitrogens with zero attached hydrogens (tertiary/aromatic N) is 2. The van der Waals surface area contributed by atoms with E-state index in [1.165, 1.54) is 0 Å². The summed E-state index contributed by atoms with van der Waals surface area (Å²) in [7, 11) is 7.06. The molecule has 0 radical (unpaired) electrons. The van der Waals surface area contributed by atoms with Crippen LogP contribution in [-0.2, 0) is 28.6 Å². The summed E-state index contributed by atoms with van der Waals surface area (Å²) in [5.41, 5.74) is 0. The summed E-state index contributed by atoms with van der Waals surface area (Å²) in [5.74, 6) is 0.851. The minimum absolute atomic E-state index is 0.237. The molecule has 3 rings (SSSR count). The van der Waals surface area contributed by atoms with Gasteiger partial charge in [0.15, 0.2) is 5.79 Å². The summed E-state index contributed by atoms with van der Waals surface area (Å²) in [6, 6.07) is -0.474. The van der Waals surface area contributed by atoms with Gasteiger partial charge < -0.3 is 18.9 Å². The lowest BCUT2D eigenvalue weighted by molar-refractivity contribution is -0.209. The first-order valence-corrected chi connectivity index (χ1v) is 8.43. The second-order valence-corrected chi connectivity index (χ2v) is 6.76. The van der Waals surface area contributed by atoms with E-state index in [1.54, 1.807) is 24.3 Å². The molecule has 3 aliphatic rings. The Labute approximate surface area is 148 Å². The average Bonchev–Trinajstić information content (AvgIpc) is 2.88. The SMILES string of the molecule is COC1=CCON(C)[C@H]1[C@H]1OC(C)(C)O[C@@H]1[C@H]1C(OC)=CCON1C. The fraction of sp³-hybridized carbons (Fsp3) is 0.765. The molecule has 0 saturated carbocycles. The van der Waals surface area contributed by atoms with Gasteiger partial charge in [-0.05, 0) is 26.0 Å². The maximum absolute atomic E-state index is 6.27. The maximum Gasteiger partial charge on any atom is 0.163 e. The molecule has 8 heteroatoms. The molecule has 4 atom stereocenters. The van der Waals surface area contributed by atoms with Gasteiger partial charge in [0.25, 0.3) is 0 Å². The number of hydroxylamine groups is 4. The molecule has 3 heterocycles. The van der Waals surface area contributed by atoms with E-state index in [-0.39, 0.29) is 24.3 Å². The number of likely N-dealkylation sites (N-methyl/N-ethyl adjacent to an activating group) is 2. The molecule has 0 bridgehead atoms. The van der Waals surface area contributed by atoms with Gasteiger partial charge in [-0.3, -0.25) is 9.68 Å². The van der Waals surface area contributed by atoms with E-state index in [2.05, 4.69) is 0 Å². The average molecular weight is 356 g/mol. The Balaban J connectivity index is 1.96. The lowest BCUT2D eigenvalue weighted by atomic mass is 9.95. The van der Waals surface area contributed by atoms with Crippen molar-refractivity contribution in [3.05, 3.63) is 23.7 Å². The first kappa shape index (κ1) is 18.6. The molecule has 25 heavy (non-hydrogen) atoms. The van der Waals surface area contributed by atoms with Crippen molar-refractivity contribution in [2.45, 2.75) is 43.9 Å². The Morgan fingerprint density at radius 2 is 1.28 bits per heavy atom. The molecule has 0 amide bonds.